The summed E-state index contributed by atoms with van der Waals surface area (Å²) in [4.78, 5) is 40.3. The molecule has 4 rings (SSSR count). The zero-order valence-electron chi connectivity index (χ0n) is 17.8. The van der Waals surface area contributed by atoms with Crippen molar-refractivity contribution >= 4 is 77.8 Å². The zero-order chi connectivity index (χ0) is 24.5. The van der Waals surface area contributed by atoms with Crippen molar-refractivity contribution in [3.63, 3.8) is 0 Å². The molecule has 1 unspecified atom stereocenters. The van der Waals surface area contributed by atoms with Crippen molar-refractivity contribution in [2.75, 3.05) is 41.5 Å². The van der Waals surface area contributed by atoms with E-state index in [0.29, 0.717) is 36.0 Å². The van der Waals surface area contributed by atoms with Crippen molar-refractivity contribution in [2.45, 2.75) is 18.4 Å². The van der Waals surface area contributed by atoms with Gasteiger partial charge in [0.2, 0.25) is 5.91 Å². The van der Waals surface area contributed by atoms with Gasteiger partial charge in [0.05, 0.1) is 50.5 Å². The summed E-state index contributed by atoms with van der Waals surface area (Å²) in [5.41, 5.74) is -0.811. The van der Waals surface area contributed by atoms with E-state index in [9.17, 15) is 22.8 Å². The highest BCUT2D eigenvalue weighted by molar-refractivity contribution is 9.11. The number of rotatable bonds is 5. The minimum absolute atomic E-state index is 0.0481. The molecule has 2 N–H and O–H groups in total. The number of halogens is 2. The Balaban J connectivity index is 1.55. The molecule has 0 radical (unpaired) electrons. The predicted molar refractivity (Wildman–Crippen MR) is 133 cm³/mol. The van der Waals surface area contributed by atoms with Crippen molar-refractivity contribution in [1.29, 1.82) is 0 Å². The third-order valence-corrected chi connectivity index (χ3v) is 9.29. The first-order valence-corrected chi connectivity index (χ1v) is 14.2. The van der Waals surface area contributed by atoms with Gasteiger partial charge in [-0.1, -0.05) is 11.6 Å². The summed E-state index contributed by atoms with van der Waals surface area (Å²) in [6, 6.07) is 7.97. The Bertz CT molecular complexity index is 1250. The van der Waals surface area contributed by atoms with Crippen LogP contribution in [0.4, 0.5) is 11.4 Å². The molecule has 182 valence electrons. The van der Waals surface area contributed by atoms with Crippen molar-refractivity contribution in [2.24, 2.45) is 0 Å². The van der Waals surface area contributed by atoms with Crippen LogP contribution in [0.3, 0.4) is 0 Å². The average Bonchev–Trinajstić information content (AvgIpc) is 3.27. The number of nitrogens with one attached hydrogen (secondary N) is 2. The second-order valence-corrected chi connectivity index (χ2v) is 13.1. The van der Waals surface area contributed by atoms with E-state index in [2.05, 4.69) is 26.6 Å². The third-order valence-electron chi connectivity index (χ3n) is 5.61. The number of ether oxygens (including phenoxy) is 1. The van der Waals surface area contributed by atoms with Crippen LogP contribution in [-0.4, -0.2) is 62.9 Å². The van der Waals surface area contributed by atoms with E-state index >= 15 is 0 Å². The Kier molecular flexibility index (Phi) is 7.34. The van der Waals surface area contributed by atoms with E-state index in [1.54, 1.807) is 24.3 Å². The Morgan fingerprint density at radius 2 is 2.00 bits per heavy atom. The van der Waals surface area contributed by atoms with E-state index in [0.717, 1.165) is 3.79 Å². The average molecular weight is 591 g/mol. The highest BCUT2D eigenvalue weighted by Gasteiger charge is 2.49. The minimum Gasteiger partial charge on any atom is -0.379 e. The lowest BCUT2D eigenvalue weighted by atomic mass is 9.97. The smallest absolute Gasteiger partial charge is 0.262 e. The van der Waals surface area contributed by atoms with Crippen LogP contribution in [0.2, 0.25) is 5.02 Å². The van der Waals surface area contributed by atoms with Crippen LogP contribution in [0.1, 0.15) is 22.5 Å². The lowest BCUT2D eigenvalue weighted by molar-refractivity contribution is -0.121. The SMILES string of the molecule is O=C(NC1(C(=O)Nc2ccc(N3CCOCCC3=O)c(Cl)c2)CCS(=O)(=O)C1)c1ccc(Br)s1. The Morgan fingerprint density at radius 3 is 2.65 bits per heavy atom. The minimum atomic E-state index is -3.52. The number of anilines is 2. The molecule has 0 aliphatic carbocycles. The molecule has 2 aliphatic heterocycles. The monoisotopic (exact) mass is 589 g/mol. The molecular formula is C21H21BrClN3O6S2. The topological polar surface area (TPSA) is 122 Å². The van der Waals surface area contributed by atoms with Gasteiger partial charge in [0, 0.05) is 12.2 Å². The first-order chi connectivity index (χ1) is 16.1. The largest absolute Gasteiger partial charge is 0.379 e. The fourth-order valence-electron chi connectivity index (χ4n) is 3.89. The molecule has 0 bridgehead atoms. The van der Waals surface area contributed by atoms with Crippen LogP contribution >= 0.6 is 38.9 Å². The number of nitrogens with zero attached hydrogens (tertiary/aromatic N) is 1. The third kappa shape index (κ3) is 5.46. The molecule has 0 spiro atoms. The number of carbonyl (C=O) groups excluding carboxylic acids is 3. The molecule has 3 heterocycles. The maximum Gasteiger partial charge on any atom is 0.262 e. The molecule has 13 heteroatoms. The van der Waals surface area contributed by atoms with Crippen molar-refractivity contribution in [3.05, 3.63) is 44.0 Å². The molecule has 1 aromatic carbocycles. The van der Waals surface area contributed by atoms with E-state index in [-0.39, 0.29) is 29.5 Å². The van der Waals surface area contributed by atoms with E-state index < -0.39 is 32.9 Å². The molecule has 34 heavy (non-hydrogen) atoms. The number of hydrogen-bond acceptors (Lipinski definition) is 7. The van der Waals surface area contributed by atoms with Crippen molar-refractivity contribution < 1.29 is 27.5 Å². The van der Waals surface area contributed by atoms with Crippen LogP contribution in [0, 0.1) is 0 Å². The normalized spacial score (nSPS) is 22.3. The Hall–Kier alpha value is -1.99. The first kappa shape index (κ1) is 25.1. The van der Waals surface area contributed by atoms with Gasteiger partial charge in [0.25, 0.3) is 11.8 Å². The maximum atomic E-state index is 13.3. The fraction of sp³-hybridized carbons (Fsp3) is 0.381. The summed E-state index contributed by atoms with van der Waals surface area (Å²) in [6.07, 6.45) is 0.194. The summed E-state index contributed by atoms with van der Waals surface area (Å²) in [5, 5.41) is 5.57. The second-order valence-electron chi connectivity index (χ2n) is 8.01. The number of sulfone groups is 1. The van der Waals surface area contributed by atoms with Crippen LogP contribution in [-0.2, 0) is 24.2 Å². The first-order valence-electron chi connectivity index (χ1n) is 10.4. The van der Waals surface area contributed by atoms with Gasteiger partial charge in [-0.15, -0.1) is 11.3 Å². The number of hydrogen-bond donors (Lipinski definition) is 2. The van der Waals surface area contributed by atoms with Crippen LogP contribution in [0.25, 0.3) is 0 Å². The number of carbonyl (C=O) groups is 3. The lowest BCUT2D eigenvalue weighted by Gasteiger charge is -2.28. The quantitative estimate of drug-likeness (QED) is 0.552. The predicted octanol–water partition coefficient (Wildman–Crippen LogP) is 2.84. The summed E-state index contributed by atoms with van der Waals surface area (Å²) in [6.45, 7) is 1.09. The Morgan fingerprint density at radius 1 is 1.21 bits per heavy atom. The van der Waals surface area contributed by atoms with E-state index in [1.807, 2.05) is 0 Å². The molecule has 9 nitrogen and oxygen atoms in total. The van der Waals surface area contributed by atoms with Crippen molar-refractivity contribution in [1.82, 2.24) is 5.32 Å². The molecule has 1 atom stereocenters. The van der Waals surface area contributed by atoms with Gasteiger partial charge in [0.1, 0.15) is 5.54 Å². The second kappa shape index (κ2) is 9.94. The molecule has 2 fully saturated rings. The van der Waals surface area contributed by atoms with Gasteiger partial charge < -0.3 is 20.3 Å². The molecule has 2 aliphatic rings. The van der Waals surface area contributed by atoms with Gasteiger partial charge >= 0.3 is 0 Å². The van der Waals surface area contributed by atoms with E-state index in [1.165, 1.54) is 22.3 Å². The summed E-state index contributed by atoms with van der Waals surface area (Å²) in [7, 11) is -3.52. The van der Waals surface area contributed by atoms with Crippen LogP contribution in [0.15, 0.2) is 34.1 Å². The summed E-state index contributed by atoms with van der Waals surface area (Å²) >= 11 is 10.9. The van der Waals surface area contributed by atoms with Crippen molar-refractivity contribution in [3.8, 4) is 0 Å². The zero-order valence-corrected chi connectivity index (χ0v) is 21.8. The van der Waals surface area contributed by atoms with Gasteiger partial charge in [0.15, 0.2) is 9.84 Å². The van der Waals surface area contributed by atoms with Crippen LogP contribution in [0.5, 0.6) is 0 Å². The molecule has 0 saturated carbocycles. The molecular weight excluding hydrogens is 570 g/mol. The molecule has 2 saturated heterocycles. The number of thiophene rings is 1. The van der Waals surface area contributed by atoms with Gasteiger partial charge in [-0.3, -0.25) is 14.4 Å². The number of amides is 3. The van der Waals surface area contributed by atoms with Gasteiger partial charge in [-0.2, -0.15) is 0 Å². The van der Waals surface area contributed by atoms with Gasteiger partial charge in [-0.05, 0) is 52.7 Å². The Labute approximate surface area is 213 Å². The summed E-state index contributed by atoms with van der Waals surface area (Å²) in [5.74, 6) is -2.01. The maximum absolute atomic E-state index is 13.3. The number of benzene rings is 1. The van der Waals surface area contributed by atoms with Gasteiger partial charge in [-0.25, -0.2) is 8.42 Å². The summed E-state index contributed by atoms with van der Waals surface area (Å²) < 4.78 is 30.6. The molecule has 1 aromatic heterocycles. The standard InChI is InChI=1S/C21H21BrClN3O6S2/c22-17-4-3-16(33-17)19(28)25-21(6-10-34(30,31)12-21)20(29)24-13-1-2-15(14(23)11-13)26-7-9-32-8-5-18(26)27/h1-4,11H,5-10,12H2,(H,24,29)(H,25,28). The fourth-order valence-corrected chi connectivity index (χ4v) is 7.35. The van der Waals surface area contributed by atoms with Crippen LogP contribution < -0.4 is 15.5 Å². The highest BCUT2D eigenvalue weighted by Crippen LogP contribution is 2.32. The molecule has 2 aromatic rings. The van der Waals surface area contributed by atoms with E-state index in [4.69, 9.17) is 16.3 Å². The highest BCUT2D eigenvalue weighted by atomic mass is 79.9. The lowest BCUT2D eigenvalue weighted by Crippen LogP contribution is -2.57. The molecule has 3 amide bonds.